The molecule has 0 unspecified atom stereocenters. The van der Waals surface area contributed by atoms with Crippen molar-refractivity contribution in [3.63, 3.8) is 0 Å². The largest absolute Gasteiger partial charge is 0.348 e. The number of imidazole rings is 1. The van der Waals surface area contributed by atoms with Crippen LogP contribution in [0.3, 0.4) is 0 Å². The number of nitrogens with one attached hydrogen (secondary N) is 2. The van der Waals surface area contributed by atoms with E-state index in [4.69, 9.17) is 0 Å². The van der Waals surface area contributed by atoms with Crippen LogP contribution in [0.4, 0.5) is 0 Å². The number of aromatic nitrogens is 2. The fraction of sp³-hybridized carbons (Fsp3) is 0.375. The highest BCUT2D eigenvalue weighted by Crippen LogP contribution is 2.35. The zero-order valence-corrected chi connectivity index (χ0v) is 12.1. The molecule has 0 spiro atoms. The van der Waals surface area contributed by atoms with Crippen molar-refractivity contribution in [1.29, 1.82) is 0 Å². The average Bonchev–Trinajstić information content (AvgIpc) is 3.26. The molecule has 3 rings (SSSR count). The highest BCUT2D eigenvalue weighted by molar-refractivity contribution is 5.97. The number of hydrogen-bond acceptors (Lipinski definition) is 2. The average molecular weight is 285 g/mol. The summed E-state index contributed by atoms with van der Waals surface area (Å²) in [7, 11) is 0. The molecule has 1 heterocycles. The Balaban J connectivity index is 1.89. The zero-order valence-electron chi connectivity index (χ0n) is 12.1. The lowest BCUT2D eigenvalue weighted by atomic mass is 10.1. The number of aromatic amines is 1. The predicted molar refractivity (Wildman–Crippen MR) is 82.6 cm³/mol. The van der Waals surface area contributed by atoms with Crippen LogP contribution < -0.4 is 11.0 Å². The molecule has 0 bridgehead atoms. The molecule has 5 heteroatoms. The lowest BCUT2D eigenvalue weighted by Gasteiger charge is -2.07. The molecular weight excluding hydrogens is 266 g/mol. The molecule has 0 aliphatic heterocycles. The van der Waals surface area contributed by atoms with Crippen molar-refractivity contribution < 1.29 is 4.79 Å². The SMILES string of the molecule is C=C(CC)CNC(=O)c1ccc2[nH]c(=O)n(C3CC3)c2c1. The number of H-pyrrole nitrogens is 1. The Morgan fingerprint density at radius 1 is 1.48 bits per heavy atom. The number of carbonyl (C=O) groups excluding carboxylic acids is 1. The van der Waals surface area contributed by atoms with Gasteiger partial charge < -0.3 is 10.3 Å². The van der Waals surface area contributed by atoms with E-state index in [0.717, 1.165) is 35.9 Å². The molecule has 1 aliphatic carbocycles. The first-order chi connectivity index (χ1) is 10.1. The second kappa shape index (κ2) is 5.24. The third kappa shape index (κ3) is 2.63. The monoisotopic (exact) mass is 285 g/mol. The van der Waals surface area contributed by atoms with E-state index < -0.39 is 0 Å². The van der Waals surface area contributed by atoms with Gasteiger partial charge in [0.05, 0.1) is 11.0 Å². The summed E-state index contributed by atoms with van der Waals surface area (Å²) in [6.45, 7) is 6.36. The summed E-state index contributed by atoms with van der Waals surface area (Å²) in [6, 6.07) is 5.60. The van der Waals surface area contributed by atoms with Crippen LogP contribution in [0.1, 0.15) is 42.6 Å². The Kier molecular flexibility index (Phi) is 3.41. The number of nitrogens with zero attached hydrogens (tertiary/aromatic N) is 1. The van der Waals surface area contributed by atoms with Gasteiger partial charge in [-0.2, -0.15) is 0 Å². The first-order valence-electron chi connectivity index (χ1n) is 7.29. The number of benzene rings is 1. The van der Waals surface area contributed by atoms with Gasteiger partial charge in [0.15, 0.2) is 0 Å². The van der Waals surface area contributed by atoms with Crippen LogP contribution in [0.5, 0.6) is 0 Å². The summed E-state index contributed by atoms with van der Waals surface area (Å²) < 4.78 is 1.76. The van der Waals surface area contributed by atoms with Gasteiger partial charge in [-0.25, -0.2) is 4.79 Å². The molecule has 110 valence electrons. The maximum atomic E-state index is 12.2. The molecule has 21 heavy (non-hydrogen) atoms. The maximum absolute atomic E-state index is 12.2. The van der Waals surface area contributed by atoms with E-state index in [1.165, 1.54) is 0 Å². The van der Waals surface area contributed by atoms with Crippen molar-refractivity contribution in [1.82, 2.24) is 14.9 Å². The second-order valence-electron chi connectivity index (χ2n) is 5.55. The predicted octanol–water partition coefficient (Wildman–Crippen LogP) is 2.36. The van der Waals surface area contributed by atoms with E-state index >= 15 is 0 Å². The smallest absolute Gasteiger partial charge is 0.326 e. The molecule has 2 N–H and O–H groups in total. The fourth-order valence-electron chi connectivity index (χ4n) is 2.39. The molecule has 1 fully saturated rings. The number of amides is 1. The van der Waals surface area contributed by atoms with Crippen molar-refractivity contribution in [3.05, 3.63) is 46.4 Å². The van der Waals surface area contributed by atoms with Crippen LogP contribution in [0.25, 0.3) is 11.0 Å². The van der Waals surface area contributed by atoms with Crippen LogP contribution in [0.2, 0.25) is 0 Å². The van der Waals surface area contributed by atoms with Gasteiger partial charge in [0.2, 0.25) is 0 Å². The van der Waals surface area contributed by atoms with Crippen molar-refractivity contribution in [3.8, 4) is 0 Å². The second-order valence-corrected chi connectivity index (χ2v) is 5.55. The number of hydrogen-bond donors (Lipinski definition) is 2. The quantitative estimate of drug-likeness (QED) is 0.828. The van der Waals surface area contributed by atoms with Crippen molar-refractivity contribution in [2.24, 2.45) is 0 Å². The van der Waals surface area contributed by atoms with Gasteiger partial charge in [0, 0.05) is 18.2 Å². The number of rotatable bonds is 5. The molecule has 2 aromatic rings. The molecule has 0 radical (unpaired) electrons. The van der Waals surface area contributed by atoms with Gasteiger partial charge in [-0.05, 0) is 37.5 Å². The summed E-state index contributed by atoms with van der Waals surface area (Å²) in [6.07, 6.45) is 2.90. The Morgan fingerprint density at radius 2 is 2.24 bits per heavy atom. The van der Waals surface area contributed by atoms with Gasteiger partial charge in [-0.15, -0.1) is 0 Å². The van der Waals surface area contributed by atoms with Crippen LogP contribution in [-0.2, 0) is 0 Å². The lowest BCUT2D eigenvalue weighted by Crippen LogP contribution is -2.25. The summed E-state index contributed by atoms with van der Waals surface area (Å²) in [5.74, 6) is -0.137. The Labute approximate surface area is 122 Å². The Hall–Kier alpha value is -2.30. The minimum atomic E-state index is -0.137. The van der Waals surface area contributed by atoms with Crippen molar-refractivity contribution >= 4 is 16.9 Å². The van der Waals surface area contributed by atoms with E-state index in [2.05, 4.69) is 16.9 Å². The standard InChI is InChI=1S/C16H19N3O2/c1-3-10(2)9-17-15(20)11-4-7-13-14(8-11)19(12-5-6-12)16(21)18-13/h4,7-8,12H,2-3,5-6,9H2,1H3,(H,17,20)(H,18,21). The highest BCUT2D eigenvalue weighted by atomic mass is 16.2. The van der Waals surface area contributed by atoms with Gasteiger partial charge >= 0.3 is 5.69 Å². The van der Waals surface area contributed by atoms with Crippen LogP contribution in [-0.4, -0.2) is 22.0 Å². The van der Waals surface area contributed by atoms with Crippen molar-refractivity contribution in [2.45, 2.75) is 32.2 Å². The molecule has 1 aliphatic rings. The topological polar surface area (TPSA) is 66.9 Å². The minimum Gasteiger partial charge on any atom is -0.348 e. The summed E-state index contributed by atoms with van der Waals surface area (Å²) >= 11 is 0. The van der Waals surface area contributed by atoms with Gasteiger partial charge in [0.25, 0.3) is 5.91 Å². The Morgan fingerprint density at radius 3 is 2.90 bits per heavy atom. The van der Waals surface area contributed by atoms with E-state index in [1.807, 2.05) is 6.92 Å². The summed E-state index contributed by atoms with van der Waals surface area (Å²) in [5.41, 5.74) is 3.05. The van der Waals surface area contributed by atoms with Crippen molar-refractivity contribution in [2.75, 3.05) is 6.54 Å². The third-order valence-corrected chi connectivity index (χ3v) is 3.89. The van der Waals surface area contributed by atoms with E-state index in [9.17, 15) is 9.59 Å². The zero-order chi connectivity index (χ0) is 15.0. The molecule has 1 aromatic carbocycles. The molecule has 1 saturated carbocycles. The molecule has 0 atom stereocenters. The molecule has 1 amide bonds. The first kappa shape index (κ1) is 13.7. The van der Waals surface area contributed by atoms with Crippen LogP contribution in [0.15, 0.2) is 35.1 Å². The van der Waals surface area contributed by atoms with Crippen LogP contribution in [0, 0.1) is 0 Å². The summed E-state index contributed by atoms with van der Waals surface area (Å²) in [4.78, 5) is 26.9. The molecular formula is C16H19N3O2. The lowest BCUT2D eigenvalue weighted by molar-refractivity contribution is 0.0957. The third-order valence-electron chi connectivity index (χ3n) is 3.89. The molecule has 0 saturated heterocycles. The fourth-order valence-corrected chi connectivity index (χ4v) is 2.39. The van der Waals surface area contributed by atoms with Gasteiger partial charge in [-0.3, -0.25) is 9.36 Å². The van der Waals surface area contributed by atoms with Crippen LogP contribution >= 0.6 is 0 Å². The highest BCUT2D eigenvalue weighted by Gasteiger charge is 2.27. The first-order valence-corrected chi connectivity index (χ1v) is 7.29. The normalized spacial score (nSPS) is 14.3. The number of fused-ring (bicyclic) bond motifs is 1. The maximum Gasteiger partial charge on any atom is 0.326 e. The van der Waals surface area contributed by atoms with E-state index in [1.54, 1.807) is 22.8 Å². The number of carbonyl (C=O) groups is 1. The Bertz CT molecular complexity index is 765. The van der Waals surface area contributed by atoms with E-state index in [0.29, 0.717) is 12.1 Å². The minimum absolute atomic E-state index is 0.0931. The summed E-state index contributed by atoms with van der Waals surface area (Å²) in [5, 5.41) is 2.85. The van der Waals surface area contributed by atoms with Gasteiger partial charge in [-0.1, -0.05) is 19.1 Å². The van der Waals surface area contributed by atoms with Gasteiger partial charge in [0.1, 0.15) is 0 Å². The molecule has 5 nitrogen and oxygen atoms in total. The molecule has 1 aromatic heterocycles. The van der Waals surface area contributed by atoms with E-state index in [-0.39, 0.29) is 17.6 Å².